The standard InChI is InChI=1S/C9H11N3O2/c1-12-4-6(2-9(12)14)7-3-8(13)11-5-10-7/h3,5-6H,2,4H2,1H3,(H,10,11,13). The molecule has 1 amide bonds. The second-order valence-corrected chi connectivity index (χ2v) is 3.51. The highest BCUT2D eigenvalue weighted by atomic mass is 16.2. The molecule has 1 fully saturated rings. The molecule has 1 aromatic rings. The molecule has 0 bridgehead atoms. The van der Waals surface area contributed by atoms with Crippen LogP contribution in [0.1, 0.15) is 18.0 Å². The maximum atomic E-state index is 11.3. The van der Waals surface area contributed by atoms with Crippen LogP contribution in [-0.4, -0.2) is 34.4 Å². The van der Waals surface area contributed by atoms with Crippen LogP contribution >= 0.6 is 0 Å². The van der Waals surface area contributed by atoms with Gasteiger partial charge in [-0.2, -0.15) is 0 Å². The first-order valence-corrected chi connectivity index (χ1v) is 4.45. The zero-order valence-corrected chi connectivity index (χ0v) is 7.86. The molecule has 5 heteroatoms. The average molecular weight is 193 g/mol. The Bertz CT molecular complexity index is 413. The van der Waals surface area contributed by atoms with Crippen LogP contribution in [0.5, 0.6) is 0 Å². The topological polar surface area (TPSA) is 66.1 Å². The lowest BCUT2D eigenvalue weighted by molar-refractivity contribution is -0.126. The van der Waals surface area contributed by atoms with E-state index < -0.39 is 0 Å². The Morgan fingerprint density at radius 2 is 2.36 bits per heavy atom. The van der Waals surface area contributed by atoms with E-state index in [1.807, 2.05) is 0 Å². The van der Waals surface area contributed by atoms with Gasteiger partial charge in [0, 0.05) is 32.0 Å². The summed E-state index contributed by atoms with van der Waals surface area (Å²) in [6.07, 6.45) is 1.83. The summed E-state index contributed by atoms with van der Waals surface area (Å²) in [7, 11) is 1.76. The number of H-pyrrole nitrogens is 1. The molecule has 0 aliphatic carbocycles. The van der Waals surface area contributed by atoms with Crippen LogP contribution in [0.4, 0.5) is 0 Å². The van der Waals surface area contributed by atoms with Gasteiger partial charge in [-0.3, -0.25) is 9.59 Å². The van der Waals surface area contributed by atoms with Crippen molar-refractivity contribution in [3.63, 3.8) is 0 Å². The Morgan fingerprint density at radius 1 is 1.57 bits per heavy atom. The van der Waals surface area contributed by atoms with E-state index in [0.717, 1.165) is 0 Å². The molecule has 0 radical (unpaired) electrons. The minimum absolute atomic E-state index is 0.0646. The summed E-state index contributed by atoms with van der Waals surface area (Å²) in [5.41, 5.74) is 0.531. The first-order valence-electron chi connectivity index (χ1n) is 4.45. The van der Waals surface area contributed by atoms with Gasteiger partial charge in [-0.1, -0.05) is 0 Å². The smallest absolute Gasteiger partial charge is 0.250 e. The van der Waals surface area contributed by atoms with Gasteiger partial charge in [0.15, 0.2) is 0 Å². The normalized spacial score (nSPS) is 21.6. The van der Waals surface area contributed by atoms with Crippen LogP contribution < -0.4 is 5.56 Å². The van der Waals surface area contributed by atoms with E-state index in [0.29, 0.717) is 18.7 Å². The number of aromatic nitrogens is 2. The third kappa shape index (κ3) is 1.53. The maximum absolute atomic E-state index is 11.3. The third-order valence-corrected chi connectivity index (χ3v) is 2.46. The molecule has 1 aliphatic rings. The fourth-order valence-electron chi connectivity index (χ4n) is 1.67. The predicted molar refractivity (Wildman–Crippen MR) is 49.9 cm³/mol. The van der Waals surface area contributed by atoms with Gasteiger partial charge in [0.05, 0.1) is 12.0 Å². The molecule has 1 N–H and O–H groups in total. The first-order chi connectivity index (χ1) is 6.66. The van der Waals surface area contributed by atoms with E-state index in [1.165, 1.54) is 12.4 Å². The lowest BCUT2D eigenvalue weighted by Gasteiger charge is -2.08. The fourth-order valence-corrected chi connectivity index (χ4v) is 1.67. The quantitative estimate of drug-likeness (QED) is 0.666. The molecule has 14 heavy (non-hydrogen) atoms. The van der Waals surface area contributed by atoms with Crippen molar-refractivity contribution in [2.75, 3.05) is 13.6 Å². The van der Waals surface area contributed by atoms with Crippen molar-refractivity contribution in [2.24, 2.45) is 0 Å². The van der Waals surface area contributed by atoms with Gasteiger partial charge in [0.2, 0.25) is 5.91 Å². The molecule has 2 heterocycles. The number of hydrogen-bond donors (Lipinski definition) is 1. The number of nitrogens with zero attached hydrogens (tertiary/aromatic N) is 2. The fraction of sp³-hybridized carbons (Fsp3) is 0.444. The number of rotatable bonds is 1. The van der Waals surface area contributed by atoms with E-state index in [9.17, 15) is 9.59 Å². The van der Waals surface area contributed by atoms with Gasteiger partial charge in [-0.05, 0) is 0 Å². The van der Waals surface area contributed by atoms with Gasteiger partial charge in [0.1, 0.15) is 0 Å². The highest BCUT2D eigenvalue weighted by Gasteiger charge is 2.28. The van der Waals surface area contributed by atoms with Crippen molar-refractivity contribution in [1.29, 1.82) is 0 Å². The van der Waals surface area contributed by atoms with E-state index in [-0.39, 0.29) is 17.4 Å². The molecule has 1 aromatic heterocycles. The molecule has 0 aromatic carbocycles. The number of likely N-dealkylation sites (tertiary alicyclic amines) is 1. The van der Waals surface area contributed by atoms with E-state index in [1.54, 1.807) is 11.9 Å². The molecule has 2 rings (SSSR count). The molecular formula is C9H11N3O2. The number of nitrogens with one attached hydrogen (secondary N) is 1. The highest BCUT2D eigenvalue weighted by Crippen LogP contribution is 2.24. The first kappa shape index (κ1) is 8.93. The molecule has 5 nitrogen and oxygen atoms in total. The summed E-state index contributed by atoms with van der Waals surface area (Å²) in [6.45, 7) is 0.648. The number of aromatic amines is 1. The monoisotopic (exact) mass is 193 g/mol. The number of amides is 1. The van der Waals surface area contributed by atoms with Crippen LogP contribution in [0.3, 0.4) is 0 Å². The predicted octanol–water partition coefficient (Wildman–Crippen LogP) is -0.284. The van der Waals surface area contributed by atoms with Crippen molar-refractivity contribution < 1.29 is 4.79 Å². The van der Waals surface area contributed by atoms with E-state index >= 15 is 0 Å². The minimum Gasteiger partial charge on any atom is -0.345 e. The summed E-state index contributed by atoms with van der Waals surface area (Å²) < 4.78 is 0. The average Bonchev–Trinajstić information content (AvgIpc) is 2.47. The van der Waals surface area contributed by atoms with Crippen LogP contribution in [0, 0.1) is 0 Å². The Hall–Kier alpha value is -1.65. The molecule has 1 saturated heterocycles. The van der Waals surface area contributed by atoms with E-state index in [2.05, 4.69) is 9.97 Å². The molecule has 1 unspecified atom stereocenters. The van der Waals surface area contributed by atoms with Crippen LogP contribution in [0.25, 0.3) is 0 Å². The summed E-state index contributed by atoms with van der Waals surface area (Å²) in [5.74, 6) is 0.173. The van der Waals surface area contributed by atoms with Gasteiger partial charge in [-0.15, -0.1) is 0 Å². The second-order valence-electron chi connectivity index (χ2n) is 3.51. The molecule has 1 atom stereocenters. The van der Waals surface area contributed by atoms with Gasteiger partial charge in [0.25, 0.3) is 5.56 Å². The lowest BCUT2D eigenvalue weighted by atomic mass is 10.0. The second kappa shape index (κ2) is 3.25. The van der Waals surface area contributed by atoms with Gasteiger partial charge in [-0.25, -0.2) is 4.98 Å². The van der Waals surface area contributed by atoms with Crippen LogP contribution in [0.2, 0.25) is 0 Å². The summed E-state index contributed by atoms with van der Waals surface area (Å²) in [6, 6.07) is 1.46. The van der Waals surface area contributed by atoms with Crippen molar-refractivity contribution in [1.82, 2.24) is 14.9 Å². The minimum atomic E-state index is -0.169. The molecule has 74 valence electrons. The van der Waals surface area contributed by atoms with Crippen molar-refractivity contribution >= 4 is 5.91 Å². The molecule has 0 saturated carbocycles. The van der Waals surface area contributed by atoms with Gasteiger partial charge >= 0.3 is 0 Å². The number of likely N-dealkylation sites (N-methyl/N-ethyl adjacent to an activating group) is 1. The van der Waals surface area contributed by atoms with E-state index in [4.69, 9.17) is 0 Å². The van der Waals surface area contributed by atoms with Crippen molar-refractivity contribution in [2.45, 2.75) is 12.3 Å². The molecule has 1 aliphatic heterocycles. The Kier molecular flexibility index (Phi) is 2.07. The summed E-state index contributed by atoms with van der Waals surface area (Å²) >= 11 is 0. The Balaban J connectivity index is 2.25. The summed E-state index contributed by atoms with van der Waals surface area (Å²) in [5, 5.41) is 0. The lowest BCUT2D eigenvalue weighted by Crippen LogP contribution is -2.19. The Morgan fingerprint density at radius 3 is 2.93 bits per heavy atom. The Labute approximate surface area is 80.8 Å². The number of hydrogen-bond acceptors (Lipinski definition) is 3. The third-order valence-electron chi connectivity index (χ3n) is 2.46. The molecule has 0 spiro atoms. The van der Waals surface area contributed by atoms with Gasteiger partial charge < -0.3 is 9.88 Å². The number of carbonyl (C=O) groups is 1. The zero-order valence-electron chi connectivity index (χ0n) is 7.86. The van der Waals surface area contributed by atoms with Crippen molar-refractivity contribution in [3.05, 3.63) is 28.4 Å². The van der Waals surface area contributed by atoms with Crippen LogP contribution in [-0.2, 0) is 4.79 Å². The van der Waals surface area contributed by atoms with Crippen molar-refractivity contribution in [3.8, 4) is 0 Å². The number of carbonyl (C=O) groups excluding carboxylic acids is 1. The SMILES string of the molecule is CN1CC(c2cc(=O)[nH]cn2)CC1=O. The molecular weight excluding hydrogens is 182 g/mol. The zero-order chi connectivity index (χ0) is 10.1. The highest BCUT2D eigenvalue weighted by molar-refractivity contribution is 5.79. The maximum Gasteiger partial charge on any atom is 0.250 e. The summed E-state index contributed by atoms with van der Waals surface area (Å²) in [4.78, 5) is 30.4. The largest absolute Gasteiger partial charge is 0.345 e. The van der Waals surface area contributed by atoms with Crippen LogP contribution in [0.15, 0.2) is 17.2 Å².